The number of carbonyl (C=O) groups is 1. The molecule has 1 aromatic carbocycles. The third-order valence-corrected chi connectivity index (χ3v) is 2.02. The van der Waals surface area contributed by atoms with E-state index in [2.05, 4.69) is 4.74 Å². The molecule has 0 aromatic heterocycles. The van der Waals surface area contributed by atoms with Crippen LogP contribution in [0.2, 0.25) is 0 Å². The summed E-state index contributed by atoms with van der Waals surface area (Å²) in [5.41, 5.74) is 6.38. The van der Waals surface area contributed by atoms with Crippen LogP contribution in [-0.4, -0.2) is 13.1 Å². The van der Waals surface area contributed by atoms with Gasteiger partial charge in [-0.1, -0.05) is 6.92 Å². The third kappa shape index (κ3) is 1.84. The molecule has 76 valence electrons. The number of halogens is 1. The average Bonchev–Trinajstić information content (AvgIpc) is 2.20. The number of methoxy groups -OCH3 is 1. The molecule has 2 N–H and O–H groups in total. The minimum atomic E-state index is -0.579. The molecule has 0 fully saturated rings. The zero-order chi connectivity index (χ0) is 10.7. The monoisotopic (exact) mass is 197 g/mol. The van der Waals surface area contributed by atoms with E-state index in [0.29, 0.717) is 12.0 Å². The van der Waals surface area contributed by atoms with E-state index in [1.807, 2.05) is 6.92 Å². The number of ether oxygens (including phenoxy) is 1. The number of hydrogen-bond donors (Lipinski definition) is 1. The molecule has 0 spiro atoms. The number of carbonyl (C=O) groups excluding carboxylic acids is 1. The number of anilines is 1. The zero-order valence-electron chi connectivity index (χ0n) is 8.13. The van der Waals surface area contributed by atoms with Crippen LogP contribution in [-0.2, 0) is 11.2 Å². The molecule has 0 aliphatic rings. The average molecular weight is 197 g/mol. The first kappa shape index (κ1) is 10.5. The molecule has 0 heterocycles. The van der Waals surface area contributed by atoms with Crippen molar-refractivity contribution < 1.29 is 13.9 Å². The molecule has 0 atom stereocenters. The number of rotatable bonds is 2. The summed E-state index contributed by atoms with van der Waals surface area (Å²) < 4.78 is 17.7. The molecule has 3 nitrogen and oxygen atoms in total. The molecule has 0 bridgehead atoms. The Bertz CT molecular complexity index is 363. The molecule has 14 heavy (non-hydrogen) atoms. The van der Waals surface area contributed by atoms with Crippen molar-refractivity contribution in [2.24, 2.45) is 0 Å². The fourth-order valence-electron chi connectivity index (χ4n) is 1.20. The highest BCUT2D eigenvalue weighted by Gasteiger charge is 2.11. The van der Waals surface area contributed by atoms with Crippen molar-refractivity contribution in [3.63, 3.8) is 0 Å². The van der Waals surface area contributed by atoms with Gasteiger partial charge in [0.25, 0.3) is 0 Å². The van der Waals surface area contributed by atoms with Gasteiger partial charge in [0.2, 0.25) is 0 Å². The van der Waals surface area contributed by atoms with Gasteiger partial charge < -0.3 is 10.5 Å². The van der Waals surface area contributed by atoms with Crippen LogP contribution in [0.4, 0.5) is 10.1 Å². The van der Waals surface area contributed by atoms with Crippen molar-refractivity contribution in [3.8, 4) is 0 Å². The lowest BCUT2D eigenvalue weighted by atomic mass is 10.1. The van der Waals surface area contributed by atoms with E-state index in [4.69, 9.17) is 5.73 Å². The molecular weight excluding hydrogens is 185 g/mol. The topological polar surface area (TPSA) is 52.3 Å². The van der Waals surface area contributed by atoms with Gasteiger partial charge >= 0.3 is 5.97 Å². The lowest BCUT2D eigenvalue weighted by Crippen LogP contribution is -2.05. The maximum Gasteiger partial charge on any atom is 0.337 e. The van der Waals surface area contributed by atoms with Gasteiger partial charge in [-0.05, 0) is 24.1 Å². The second-order valence-electron chi connectivity index (χ2n) is 2.88. The van der Waals surface area contributed by atoms with E-state index in [1.54, 1.807) is 6.07 Å². The van der Waals surface area contributed by atoms with Gasteiger partial charge in [-0.25, -0.2) is 9.18 Å². The second-order valence-corrected chi connectivity index (χ2v) is 2.88. The van der Waals surface area contributed by atoms with Crippen LogP contribution in [0.25, 0.3) is 0 Å². The van der Waals surface area contributed by atoms with Gasteiger partial charge in [0, 0.05) is 0 Å². The molecule has 0 amide bonds. The Balaban J connectivity index is 3.22. The first-order valence-corrected chi connectivity index (χ1v) is 4.26. The summed E-state index contributed by atoms with van der Waals surface area (Å²) in [5.74, 6) is -1.14. The normalized spacial score (nSPS) is 9.93. The van der Waals surface area contributed by atoms with Crippen molar-refractivity contribution in [1.82, 2.24) is 0 Å². The van der Waals surface area contributed by atoms with Crippen LogP contribution in [0.5, 0.6) is 0 Å². The Morgan fingerprint density at radius 2 is 2.21 bits per heavy atom. The molecule has 0 saturated carbocycles. The van der Waals surface area contributed by atoms with Crippen LogP contribution >= 0.6 is 0 Å². The molecule has 1 aromatic rings. The minimum Gasteiger partial charge on any atom is -0.465 e. The molecule has 4 heteroatoms. The lowest BCUT2D eigenvalue weighted by molar-refractivity contribution is 0.0600. The quantitative estimate of drug-likeness (QED) is 0.580. The summed E-state index contributed by atoms with van der Waals surface area (Å²) >= 11 is 0. The summed E-state index contributed by atoms with van der Waals surface area (Å²) in [6, 6.07) is 2.63. The second kappa shape index (κ2) is 4.09. The van der Waals surface area contributed by atoms with E-state index in [1.165, 1.54) is 7.11 Å². The van der Waals surface area contributed by atoms with Crippen molar-refractivity contribution in [2.45, 2.75) is 13.3 Å². The smallest absolute Gasteiger partial charge is 0.337 e. The highest BCUT2D eigenvalue weighted by Crippen LogP contribution is 2.19. The Morgan fingerprint density at radius 1 is 1.57 bits per heavy atom. The number of benzene rings is 1. The Kier molecular flexibility index (Phi) is 3.06. The fourth-order valence-corrected chi connectivity index (χ4v) is 1.20. The fraction of sp³-hybridized carbons (Fsp3) is 0.300. The molecule has 0 saturated heterocycles. The Hall–Kier alpha value is -1.58. The number of esters is 1. The number of nitrogen functional groups attached to an aromatic ring is 1. The molecule has 0 aliphatic heterocycles. The number of nitrogens with two attached hydrogens (primary N) is 1. The standard InChI is InChI=1S/C10H12FNO2/c1-3-6-4-7(10(13)14-2)5-8(11)9(6)12/h4-5H,3,12H2,1-2H3. The summed E-state index contributed by atoms with van der Waals surface area (Å²) in [6.45, 7) is 1.84. The van der Waals surface area contributed by atoms with Crippen molar-refractivity contribution >= 4 is 11.7 Å². The molecular formula is C10H12FNO2. The van der Waals surface area contributed by atoms with Crippen LogP contribution < -0.4 is 5.73 Å². The van der Waals surface area contributed by atoms with Gasteiger partial charge in [0.1, 0.15) is 5.82 Å². The summed E-state index contributed by atoms with van der Waals surface area (Å²) in [6.07, 6.45) is 0.577. The zero-order valence-corrected chi connectivity index (χ0v) is 8.13. The Morgan fingerprint density at radius 3 is 2.71 bits per heavy atom. The molecule has 0 radical (unpaired) electrons. The number of aryl methyl sites for hydroxylation is 1. The molecule has 0 aliphatic carbocycles. The van der Waals surface area contributed by atoms with Crippen LogP contribution in [0.3, 0.4) is 0 Å². The van der Waals surface area contributed by atoms with Gasteiger partial charge in [-0.2, -0.15) is 0 Å². The predicted octanol–water partition coefficient (Wildman–Crippen LogP) is 1.76. The lowest BCUT2D eigenvalue weighted by Gasteiger charge is -2.06. The highest BCUT2D eigenvalue weighted by molar-refractivity contribution is 5.90. The van der Waals surface area contributed by atoms with E-state index in [0.717, 1.165) is 6.07 Å². The molecule has 1 rings (SSSR count). The van der Waals surface area contributed by atoms with E-state index >= 15 is 0 Å². The van der Waals surface area contributed by atoms with Gasteiger partial charge in [0.05, 0.1) is 18.4 Å². The van der Waals surface area contributed by atoms with Crippen molar-refractivity contribution in [3.05, 3.63) is 29.1 Å². The van der Waals surface area contributed by atoms with E-state index in [-0.39, 0.29) is 11.3 Å². The summed E-state index contributed by atoms with van der Waals surface area (Å²) in [4.78, 5) is 11.1. The van der Waals surface area contributed by atoms with Gasteiger partial charge in [0.15, 0.2) is 0 Å². The SMILES string of the molecule is CCc1cc(C(=O)OC)cc(F)c1N. The van der Waals surface area contributed by atoms with Crippen LogP contribution in [0.1, 0.15) is 22.8 Å². The maximum atomic E-state index is 13.2. The van der Waals surface area contributed by atoms with Gasteiger partial charge in [-0.3, -0.25) is 0 Å². The van der Waals surface area contributed by atoms with Crippen LogP contribution in [0.15, 0.2) is 12.1 Å². The largest absolute Gasteiger partial charge is 0.465 e. The third-order valence-electron chi connectivity index (χ3n) is 2.02. The first-order chi connectivity index (χ1) is 6.60. The van der Waals surface area contributed by atoms with Crippen molar-refractivity contribution in [1.29, 1.82) is 0 Å². The van der Waals surface area contributed by atoms with E-state index in [9.17, 15) is 9.18 Å². The van der Waals surface area contributed by atoms with E-state index < -0.39 is 11.8 Å². The van der Waals surface area contributed by atoms with Gasteiger partial charge in [-0.15, -0.1) is 0 Å². The number of hydrogen-bond acceptors (Lipinski definition) is 3. The van der Waals surface area contributed by atoms with Crippen molar-refractivity contribution in [2.75, 3.05) is 12.8 Å². The highest BCUT2D eigenvalue weighted by atomic mass is 19.1. The summed E-state index contributed by atoms with van der Waals surface area (Å²) in [5, 5.41) is 0. The first-order valence-electron chi connectivity index (χ1n) is 4.26. The predicted molar refractivity (Wildman–Crippen MR) is 51.5 cm³/mol. The minimum absolute atomic E-state index is 0.0974. The maximum absolute atomic E-state index is 13.2. The summed E-state index contributed by atoms with van der Waals surface area (Å²) in [7, 11) is 1.25. The molecule has 0 unspecified atom stereocenters. The van der Waals surface area contributed by atoms with Crippen LogP contribution in [0, 0.1) is 5.82 Å². The Labute approximate surface area is 81.7 Å².